The fraction of sp³-hybridized carbons (Fsp3) is 0.0500. The average Bonchev–Trinajstić information content (AvgIpc) is 3.29. The quantitative estimate of drug-likeness (QED) is 0.0372. The van der Waals surface area contributed by atoms with E-state index in [4.69, 9.17) is 5.26 Å². The Morgan fingerprint density at radius 3 is 0.892 bits per heavy atom. The van der Waals surface area contributed by atoms with E-state index in [2.05, 4.69) is 0 Å². The van der Waals surface area contributed by atoms with Crippen molar-refractivity contribution in [3.8, 4) is 6.07 Å². The van der Waals surface area contributed by atoms with E-state index in [0.717, 1.165) is 0 Å². The molecule has 0 saturated heterocycles. The van der Waals surface area contributed by atoms with Crippen LogP contribution in [0.25, 0.3) is 0 Å². The van der Waals surface area contributed by atoms with Crippen molar-refractivity contribution in [1.29, 1.82) is 5.26 Å². The number of carbonyl (C=O) groups excluding carboxylic acids is 2. The number of nitrogens with zero attached hydrogens (tertiary/aromatic N) is 2. The van der Waals surface area contributed by atoms with Gasteiger partial charge < -0.3 is 0 Å². The number of halogens is 20. The first-order valence-corrected chi connectivity index (χ1v) is 17.1. The highest BCUT2D eigenvalue weighted by molar-refractivity contribution is 7.20. The van der Waals surface area contributed by atoms with E-state index in [9.17, 15) is 62.3 Å². The molecule has 25 heteroatoms. The van der Waals surface area contributed by atoms with Gasteiger partial charge in [0.2, 0.25) is 12.3 Å². The van der Waals surface area contributed by atoms with Crippen LogP contribution in [0.4, 0.5) is 87.8 Å². The predicted octanol–water partition coefficient (Wildman–Crippen LogP) is 7.80. The molecule has 0 aliphatic heterocycles. The van der Waals surface area contributed by atoms with Gasteiger partial charge in [0.05, 0.1) is 12.5 Å². The first kappa shape index (κ1) is 48.8. The van der Waals surface area contributed by atoms with Gasteiger partial charge in [-0.25, -0.2) is 87.8 Å². The Hall–Kier alpha value is -7.26. The Morgan fingerprint density at radius 2 is 0.631 bits per heavy atom. The summed E-state index contributed by atoms with van der Waals surface area (Å²) in [7, 11) is 0. The molecule has 1 heterocycles. The van der Waals surface area contributed by atoms with Crippen LogP contribution in [0.3, 0.4) is 0 Å². The van der Waals surface area contributed by atoms with Gasteiger partial charge in [0.25, 0.3) is 0 Å². The number of Topliss-reactive ketones (excluding diaryl/α,β-unsaturated/α-hetero) is 2. The Bertz CT molecular complexity index is 2600. The number of pyridine rings is 1. The fourth-order valence-electron chi connectivity index (χ4n) is 6.68. The second-order valence-corrected chi connectivity index (χ2v) is 13.1. The van der Waals surface area contributed by atoms with Gasteiger partial charge in [-0.15, -0.1) is 21.9 Å². The predicted molar refractivity (Wildman–Crippen MR) is 181 cm³/mol. The van der Waals surface area contributed by atoms with E-state index in [1.165, 1.54) is 0 Å². The molecule has 0 radical (unpaired) electrons. The number of ketones is 2. The van der Waals surface area contributed by atoms with Crippen LogP contribution < -0.4 is 26.4 Å². The number of hydrogen-bond donors (Lipinski definition) is 0. The van der Waals surface area contributed by atoms with E-state index in [1.54, 1.807) is 41.2 Å². The topological polar surface area (TPSA) is 61.8 Å². The van der Waals surface area contributed by atoms with Gasteiger partial charge in [-0.1, -0.05) is 30.3 Å². The van der Waals surface area contributed by atoms with Crippen molar-refractivity contribution in [2.45, 2.75) is 13.0 Å². The van der Waals surface area contributed by atoms with Gasteiger partial charge >= 0.3 is 0 Å². The van der Waals surface area contributed by atoms with Crippen molar-refractivity contribution in [2.75, 3.05) is 0 Å². The number of hydrogen-bond acceptors (Lipinski definition) is 3. The maximum atomic E-state index is 15.4. The normalized spacial score (nSPS) is 11.3. The van der Waals surface area contributed by atoms with Gasteiger partial charge in [0.1, 0.15) is 52.7 Å². The van der Waals surface area contributed by atoms with Crippen molar-refractivity contribution < 1.29 is 102 Å². The van der Waals surface area contributed by atoms with Crippen molar-refractivity contribution in [3.05, 3.63) is 182 Å². The van der Waals surface area contributed by atoms with E-state index < -0.39 is 144 Å². The molecule has 4 nitrogen and oxygen atoms in total. The third-order valence-corrected chi connectivity index (χ3v) is 9.58. The van der Waals surface area contributed by atoms with Gasteiger partial charge in [-0.05, 0) is 0 Å². The van der Waals surface area contributed by atoms with Crippen LogP contribution in [0.15, 0.2) is 54.9 Å². The lowest BCUT2D eigenvalue weighted by molar-refractivity contribution is -0.683. The molecule has 0 amide bonds. The third-order valence-electron chi connectivity index (χ3n) is 9.58. The second kappa shape index (κ2) is 18.5. The minimum Gasteiger partial charge on any atom is -0.293 e. The summed E-state index contributed by atoms with van der Waals surface area (Å²) in [4.78, 5) is 23.5. The lowest BCUT2D eigenvalue weighted by atomic mass is 9.12. The van der Waals surface area contributed by atoms with Crippen LogP contribution in [0, 0.1) is 128 Å². The molecular weight excluding hydrogens is 931 g/mol. The first-order chi connectivity index (χ1) is 30.4. The average molecular weight is 944 g/mol. The molecule has 338 valence electrons. The molecule has 0 bridgehead atoms. The molecule has 0 fully saturated rings. The summed E-state index contributed by atoms with van der Waals surface area (Å²) in [5, 5.41) is 8.48. The van der Waals surface area contributed by atoms with Gasteiger partial charge in [0.15, 0.2) is 88.0 Å². The van der Waals surface area contributed by atoms with Crippen molar-refractivity contribution in [2.24, 2.45) is 0 Å². The summed E-state index contributed by atoms with van der Waals surface area (Å²) in [6, 6.07) is 14.1. The Balaban J connectivity index is 0.000000330. The molecule has 6 rings (SSSR count). The molecule has 0 N–H and O–H groups in total. The smallest absolute Gasteiger partial charge is 0.227 e. The Kier molecular flexibility index (Phi) is 13.8. The van der Waals surface area contributed by atoms with Crippen LogP contribution in [0.1, 0.15) is 27.1 Å². The number of carbonyl (C=O) groups is 2. The van der Waals surface area contributed by atoms with E-state index in [-0.39, 0.29) is 24.5 Å². The standard InChI is InChI=1S/C24BF20.C16H13N2O2/c26-5-1(6(27)14(35)21(42)13(5)34)25(2-7(28)15(36)22(43)16(37)8(2)29,3-9(30)17(38)23(44)18(39)10(3)31)4-11(32)19(40)24(45)20(41)12(4)33;17-9-6-15(19)14-7-10-18(11-8-14)12-16(20)13-4-2-1-3-5-13/h;1-5,7-8,10-11H,6,12H2/q-1;+1. The van der Waals surface area contributed by atoms with Gasteiger partial charge in [-0.3, -0.25) is 9.59 Å². The molecule has 0 unspecified atom stereocenters. The van der Waals surface area contributed by atoms with E-state index in [0.29, 0.717) is 11.1 Å². The van der Waals surface area contributed by atoms with Gasteiger partial charge in [0, 0.05) is 23.3 Å². The molecule has 5 aromatic carbocycles. The van der Waals surface area contributed by atoms with Crippen molar-refractivity contribution in [3.63, 3.8) is 0 Å². The molecule has 0 aliphatic carbocycles. The van der Waals surface area contributed by atoms with Crippen LogP contribution in [0.5, 0.6) is 0 Å². The molecule has 1 aromatic heterocycles. The van der Waals surface area contributed by atoms with Gasteiger partial charge in [-0.2, -0.15) is 9.83 Å². The molecule has 0 spiro atoms. The highest BCUT2D eigenvalue weighted by Crippen LogP contribution is 2.30. The minimum absolute atomic E-state index is 0.00620. The number of rotatable bonds is 9. The lowest BCUT2D eigenvalue weighted by Gasteiger charge is -2.44. The maximum Gasteiger partial charge on any atom is 0.227 e. The largest absolute Gasteiger partial charge is 0.293 e. The molecule has 0 atom stereocenters. The third kappa shape index (κ3) is 8.01. The summed E-state index contributed by atoms with van der Waals surface area (Å²) in [5.74, 6) is -71.6. The highest BCUT2D eigenvalue weighted by Gasteiger charge is 2.52. The number of benzene rings is 5. The van der Waals surface area contributed by atoms with Crippen LogP contribution >= 0.6 is 0 Å². The summed E-state index contributed by atoms with van der Waals surface area (Å²) < 4.78 is 296. The van der Waals surface area contributed by atoms with E-state index in [1.807, 2.05) is 24.3 Å². The van der Waals surface area contributed by atoms with Crippen molar-refractivity contribution >= 4 is 39.6 Å². The summed E-state index contributed by atoms with van der Waals surface area (Å²) in [6.07, 6.45) is -4.00. The molecule has 65 heavy (non-hydrogen) atoms. The summed E-state index contributed by atoms with van der Waals surface area (Å²) in [5.41, 5.74) is -13.2. The molecular formula is C40H13BF20N2O2. The lowest BCUT2D eigenvalue weighted by Crippen LogP contribution is -2.81. The Labute approximate surface area is 348 Å². The first-order valence-electron chi connectivity index (χ1n) is 17.1. The zero-order chi connectivity index (χ0) is 48.7. The van der Waals surface area contributed by atoms with Crippen LogP contribution in [-0.2, 0) is 6.54 Å². The van der Waals surface area contributed by atoms with Crippen LogP contribution in [0.2, 0.25) is 0 Å². The molecule has 0 saturated carbocycles. The Morgan fingerprint density at radius 1 is 0.385 bits per heavy atom. The van der Waals surface area contributed by atoms with Crippen molar-refractivity contribution in [1.82, 2.24) is 0 Å². The monoisotopic (exact) mass is 944 g/mol. The molecule has 6 aromatic rings. The summed E-state index contributed by atoms with van der Waals surface area (Å²) in [6.45, 7) is 0.219. The highest BCUT2D eigenvalue weighted by atomic mass is 19.2. The zero-order valence-electron chi connectivity index (χ0n) is 31.0. The molecule has 0 aliphatic rings. The van der Waals surface area contributed by atoms with Crippen LogP contribution in [-0.4, -0.2) is 17.7 Å². The second-order valence-electron chi connectivity index (χ2n) is 13.1. The number of aromatic nitrogens is 1. The fourth-order valence-corrected chi connectivity index (χ4v) is 6.68. The maximum absolute atomic E-state index is 15.4. The van der Waals surface area contributed by atoms with E-state index >= 15 is 35.1 Å². The zero-order valence-corrected chi connectivity index (χ0v) is 31.0. The summed E-state index contributed by atoms with van der Waals surface area (Å²) >= 11 is 0. The minimum atomic E-state index is -7.22. The SMILES string of the molecule is Fc1c(F)c(F)c([B-](c2c(F)c(F)c(F)c(F)c2F)(c2c(F)c(F)c(F)c(F)c2F)c2c(F)c(F)c(F)c(F)c2F)c(F)c1F.N#CCC(=O)c1cc[n+](CC(=O)c2ccccc2)cc1. The number of nitriles is 1.